The number of para-hydroxylation sites is 1. The van der Waals surface area contributed by atoms with Crippen molar-refractivity contribution < 1.29 is 13.2 Å². The number of amidine groups is 1. The molecule has 0 saturated heterocycles. The number of benzene rings is 2. The van der Waals surface area contributed by atoms with Gasteiger partial charge in [0.25, 0.3) is 15.9 Å². The van der Waals surface area contributed by atoms with Crippen LogP contribution in [0.1, 0.15) is 12.5 Å². The number of hydrazine groups is 1. The van der Waals surface area contributed by atoms with E-state index in [1.807, 2.05) is 30.3 Å². The maximum Gasteiger partial charge on any atom is 0.263 e. The van der Waals surface area contributed by atoms with Crippen LogP contribution >= 0.6 is 0 Å². The molecule has 2 aromatic carbocycles. The Labute approximate surface area is 146 Å². The van der Waals surface area contributed by atoms with Crippen molar-refractivity contribution in [2.24, 2.45) is 4.99 Å². The van der Waals surface area contributed by atoms with E-state index in [-0.39, 0.29) is 16.6 Å². The molecule has 130 valence electrons. The van der Waals surface area contributed by atoms with Gasteiger partial charge in [-0.25, -0.2) is 8.42 Å². The fourth-order valence-electron chi connectivity index (χ4n) is 2.46. The third-order valence-corrected chi connectivity index (χ3v) is 5.18. The van der Waals surface area contributed by atoms with E-state index >= 15 is 0 Å². The summed E-state index contributed by atoms with van der Waals surface area (Å²) in [7, 11) is -1.89. The van der Waals surface area contributed by atoms with E-state index < -0.39 is 16.1 Å². The van der Waals surface area contributed by atoms with Crippen molar-refractivity contribution in [2.45, 2.75) is 17.9 Å². The normalized spacial score (nSPS) is 17.4. The summed E-state index contributed by atoms with van der Waals surface area (Å²) in [6.45, 7) is 1.61. The number of aliphatic imine (C=N–C) groups is 1. The number of hydrogen-bond donors (Lipinski definition) is 2. The lowest BCUT2D eigenvalue weighted by Gasteiger charge is -2.21. The lowest BCUT2D eigenvalue weighted by molar-refractivity contribution is -0.122. The van der Waals surface area contributed by atoms with Gasteiger partial charge in [-0.15, -0.1) is 0 Å². The highest BCUT2D eigenvalue weighted by atomic mass is 32.2. The minimum Gasteiger partial charge on any atom is -0.289 e. The van der Waals surface area contributed by atoms with Crippen molar-refractivity contribution in [1.82, 2.24) is 10.1 Å². The Morgan fingerprint density at radius 3 is 2.48 bits per heavy atom. The van der Waals surface area contributed by atoms with Gasteiger partial charge >= 0.3 is 0 Å². The number of hydrogen-bond acceptors (Lipinski definition) is 5. The molecule has 1 amide bonds. The summed E-state index contributed by atoms with van der Waals surface area (Å²) in [4.78, 5) is 16.8. The van der Waals surface area contributed by atoms with Crippen molar-refractivity contribution in [3.8, 4) is 0 Å². The smallest absolute Gasteiger partial charge is 0.263 e. The van der Waals surface area contributed by atoms with E-state index in [1.54, 1.807) is 37.2 Å². The molecular weight excluding hydrogens is 340 g/mol. The Balaban J connectivity index is 1.77. The Kier molecular flexibility index (Phi) is 4.45. The van der Waals surface area contributed by atoms with Crippen LogP contribution in [0.3, 0.4) is 0 Å². The Morgan fingerprint density at radius 2 is 1.76 bits per heavy atom. The number of anilines is 1. The summed E-state index contributed by atoms with van der Waals surface area (Å²) in [5, 5.41) is 1.59. The van der Waals surface area contributed by atoms with E-state index in [0.29, 0.717) is 5.56 Å². The molecule has 0 fully saturated rings. The molecule has 1 aliphatic rings. The number of rotatable bonds is 4. The van der Waals surface area contributed by atoms with Crippen LogP contribution in [0.15, 0.2) is 64.5 Å². The highest BCUT2D eigenvalue weighted by Gasteiger charge is 2.31. The molecule has 7 nitrogen and oxygen atoms in total. The maximum absolute atomic E-state index is 12.4. The van der Waals surface area contributed by atoms with E-state index in [2.05, 4.69) is 15.1 Å². The summed E-state index contributed by atoms with van der Waals surface area (Å²) in [6.07, 6.45) is 0. The Bertz CT molecular complexity index is 926. The third-order valence-electron chi connectivity index (χ3n) is 3.79. The molecule has 0 aliphatic carbocycles. The van der Waals surface area contributed by atoms with Crippen LogP contribution in [0.2, 0.25) is 0 Å². The van der Waals surface area contributed by atoms with E-state index in [0.717, 1.165) is 5.69 Å². The van der Waals surface area contributed by atoms with Gasteiger partial charge in [0.15, 0.2) is 0 Å². The summed E-state index contributed by atoms with van der Waals surface area (Å²) in [5.41, 5.74) is 4.02. The van der Waals surface area contributed by atoms with Crippen LogP contribution in [0.4, 0.5) is 5.69 Å². The zero-order valence-corrected chi connectivity index (χ0v) is 14.6. The van der Waals surface area contributed by atoms with Crippen molar-refractivity contribution in [2.75, 3.05) is 12.1 Å². The van der Waals surface area contributed by atoms with E-state index in [4.69, 9.17) is 0 Å². The van der Waals surface area contributed by atoms with Gasteiger partial charge in [0.05, 0.1) is 10.6 Å². The van der Waals surface area contributed by atoms with Crippen molar-refractivity contribution in [3.05, 3.63) is 60.2 Å². The Hall–Kier alpha value is -2.87. The molecule has 0 aromatic heterocycles. The standard InChI is InChI=1S/C17H18N4O3S/c1-12(17(22)19-21(2)13-8-4-3-5-9-13)18-16-14-10-6-7-11-15(14)25(23,24)20-16/h3-12H,1-2H3,(H,18,20)(H,19,22). The molecule has 1 unspecified atom stereocenters. The summed E-state index contributed by atoms with van der Waals surface area (Å²) >= 11 is 0. The quantitative estimate of drug-likeness (QED) is 0.806. The topological polar surface area (TPSA) is 90.9 Å². The zero-order chi connectivity index (χ0) is 18.0. The second-order valence-electron chi connectivity index (χ2n) is 5.63. The van der Waals surface area contributed by atoms with Gasteiger partial charge in [0.2, 0.25) is 0 Å². The predicted molar refractivity (Wildman–Crippen MR) is 95.8 cm³/mol. The highest BCUT2D eigenvalue weighted by Crippen LogP contribution is 2.22. The van der Waals surface area contributed by atoms with Gasteiger partial charge in [-0.2, -0.15) is 0 Å². The first-order valence-electron chi connectivity index (χ1n) is 7.68. The highest BCUT2D eigenvalue weighted by molar-refractivity contribution is 7.90. The maximum atomic E-state index is 12.4. The lowest BCUT2D eigenvalue weighted by atomic mass is 10.2. The fraction of sp³-hybridized carbons (Fsp3) is 0.176. The number of nitrogens with one attached hydrogen (secondary N) is 2. The Morgan fingerprint density at radius 1 is 1.12 bits per heavy atom. The van der Waals surface area contributed by atoms with Crippen LogP contribution in [0.25, 0.3) is 0 Å². The molecule has 0 bridgehead atoms. The zero-order valence-electron chi connectivity index (χ0n) is 13.8. The minimum atomic E-state index is -3.62. The molecule has 0 saturated carbocycles. The van der Waals surface area contributed by atoms with Gasteiger partial charge in [-0.1, -0.05) is 30.3 Å². The predicted octanol–water partition coefficient (Wildman–Crippen LogP) is 1.28. The van der Waals surface area contributed by atoms with Gasteiger partial charge in [-0.3, -0.25) is 24.9 Å². The van der Waals surface area contributed by atoms with Crippen LogP contribution in [0, 0.1) is 0 Å². The SMILES string of the molecule is CC(N=C1NS(=O)(=O)c2ccccc21)C(=O)NN(C)c1ccccc1. The van der Waals surface area contributed by atoms with E-state index in [9.17, 15) is 13.2 Å². The van der Waals surface area contributed by atoms with Crippen molar-refractivity contribution in [1.29, 1.82) is 0 Å². The third kappa shape index (κ3) is 3.48. The summed E-state index contributed by atoms with van der Waals surface area (Å²) in [5.74, 6) is -0.164. The van der Waals surface area contributed by atoms with Gasteiger partial charge in [-0.05, 0) is 31.2 Å². The second kappa shape index (κ2) is 6.56. The number of amides is 1. The van der Waals surface area contributed by atoms with Crippen LogP contribution < -0.4 is 15.2 Å². The summed E-state index contributed by atoms with van der Waals surface area (Å²) < 4.78 is 26.5. The van der Waals surface area contributed by atoms with E-state index in [1.165, 1.54) is 6.07 Å². The number of sulfonamides is 1. The molecule has 0 radical (unpaired) electrons. The first-order chi connectivity index (χ1) is 11.9. The molecule has 1 aliphatic heterocycles. The largest absolute Gasteiger partial charge is 0.289 e. The fourth-order valence-corrected chi connectivity index (χ4v) is 3.70. The summed E-state index contributed by atoms with van der Waals surface area (Å²) in [6, 6.07) is 15.1. The van der Waals surface area contributed by atoms with Crippen molar-refractivity contribution in [3.63, 3.8) is 0 Å². The van der Waals surface area contributed by atoms with Crippen LogP contribution in [-0.2, 0) is 14.8 Å². The molecule has 3 rings (SSSR count). The monoisotopic (exact) mass is 358 g/mol. The van der Waals surface area contributed by atoms with Crippen molar-refractivity contribution >= 4 is 27.5 Å². The second-order valence-corrected chi connectivity index (χ2v) is 7.28. The first-order valence-corrected chi connectivity index (χ1v) is 9.16. The molecule has 25 heavy (non-hydrogen) atoms. The average Bonchev–Trinajstić information content (AvgIpc) is 2.86. The average molecular weight is 358 g/mol. The van der Waals surface area contributed by atoms with Gasteiger partial charge < -0.3 is 0 Å². The molecule has 2 aromatic rings. The van der Waals surface area contributed by atoms with Gasteiger partial charge in [0.1, 0.15) is 11.9 Å². The first kappa shape index (κ1) is 17.0. The van der Waals surface area contributed by atoms with Gasteiger partial charge in [0, 0.05) is 12.6 Å². The molecule has 1 atom stereocenters. The minimum absolute atomic E-state index is 0.169. The molecular formula is C17H18N4O3S. The number of carbonyl (C=O) groups is 1. The number of nitrogens with zero attached hydrogens (tertiary/aromatic N) is 2. The molecule has 2 N–H and O–H groups in total. The number of fused-ring (bicyclic) bond motifs is 1. The molecule has 1 heterocycles. The lowest BCUT2D eigenvalue weighted by Crippen LogP contribution is -2.44. The molecule has 8 heteroatoms. The van der Waals surface area contributed by atoms with Crippen LogP contribution in [0.5, 0.6) is 0 Å². The van der Waals surface area contributed by atoms with Crippen LogP contribution in [-0.4, -0.2) is 33.3 Å². The number of carbonyl (C=O) groups excluding carboxylic acids is 1. The molecule has 0 spiro atoms.